The third-order valence-corrected chi connectivity index (χ3v) is 4.18. The molecule has 0 saturated heterocycles. The molecule has 0 unspecified atom stereocenters. The van der Waals surface area contributed by atoms with Gasteiger partial charge in [0, 0.05) is 6.61 Å². The maximum Gasteiger partial charge on any atom is 0.186 e. The molecule has 0 aromatic carbocycles. The molecule has 0 aromatic rings. The molecule has 0 aliphatic heterocycles. The molecular weight excluding hydrogens is 140 g/mol. The van der Waals surface area contributed by atoms with E-state index >= 15 is 0 Å². The van der Waals surface area contributed by atoms with Gasteiger partial charge in [0.15, 0.2) is 8.32 Å². The molecule has 0 amide bonds. The van der Waals surface area contributed by atoms with Gasteiger partial charge in [0.1, 0.15) is 0 Å². The number of hydrogen-bond donors (Lipinski definition) is 0. The highest BCUT2D eigenvalue weighted by Crippen LogP contribution is 2.16. The van der Waals surface area contributed by atoms with Gasteiger partial charge in [0.05, 0.1) is 0 Å². The predicted molar refractivity (Wildman–Crippen MR) is 48.4 cm³/mol. The molecule has 0 atom stereocenters. The summed E-state index contributed by atoms with van der Waals surface area (Å²) in [7, 11) is -1.33. The van der Waals surface area contributed by atoms with Gasteiger partial charge in [-0.15, -0.1) is 0 Å². The highest BCUT2D eigenvalue weighted by Gasteiger charge is 2.22. The molecule has 0 aliphatic carbocycles. The van der Waals surface area contributed by atoms with Gasteiger partial charge < -0.3 is 4.43 Å². The summed E-state index contributed by atoms with van der Waals surface area (Å²) < 4.78 is 5.57. The number of hydrogen-bond acceptors (Lipinski definition) is 1. The van der Waals surface area contributed by atoms with Gasteiger partial charge in [-0.25, -0.2) is 0 Å². The first kappa shape index (κ1) is 10.2. The van der Waals surface area contributed by atoms with Crippen molar-refractivity contribution in [3.63, 3.8) is 0 Å². The summed E-state index contributed by atoms with van der Waals surface area (Å²) in [5.74, 6) is 0.758. The summed E-state index contributed by atoms with van der Waals surface area (Å²) >= 11 is 0. The van der Waals surface area contributed by atoms with Crippen molar-refractivity contribution in [2.45, 2.75) is 33.0 Å². The van der Waals surface area contributed by atoms with Gasteiger partial charge in [0.2, 0.25) is 0 Å². The third kappa shape index (κ3) is 5.00. The zero-order valence-electron chi connectivity index (χ0n) is 7.61. The fourth-order valence-electron chi connectivity index (χ4n) is 1.32. The lowest BCUT2D eigenvalue weighted by Gasteiger charge is -2.23. The molecule has 0 saturated carbocycles. The largest absolute Gasteiger partial charge is 0.417 e. The first-order chi connectivity index (χ1) is 4.48. The van der Waals surface area contributed by atoms with Crippen LogP contribution in [0.5, 0.6) is 0 Å². The van der Waals surface area contributed by atoms with Crippen LogP contribution in [0.3, 0.4) is 0 Å². The maximum atomic E-state index is 5.57. The van der Waals surface area contributed by atoms with E-state index in [0.29, 0.717) is 6.61 Å². The second-order valence-corrected chi connectivity index (χ2v) is 7.92. The van der Waals surface area contributed by atoms with Crippen LogP contribution in [0.1, 0.15) is 13.8 Å². The van der Waals surface area contributed by atoms with Gasteiger partial charge in [-0.3, -0.25) is 0 Å². The molecule has 0 N–H and O–H groups in total. The summed E-state index contributed by atoms with van der Waals surface area (Å²) in [5, 5.41) is 0. The molecule has 0 heterocycles. The Hall–Kier alpha value is 0.177. The van der Waals surface area contributed by atoms with Gasteiger partial charge >= 0.3 is 0 Å². The molecule has 1 nitrogen and oxygen atoms in total. The highest BCUT2D eigenvalue weighted by atomic mass is 28.4. The van der Waals surface area contributed by atoms with E-state index in [-0.39, 0.29) is 0 Å². The lowest BCUT2D eigenvalue weighted by atomic mass is 10.3. The minimum absolute atomic E-state index is 0.631. The van der Waals surface area contributed by atoms with Crippen LogP contribution in [0, 0.1) is 12.8 Å². The van der Waals surface area contributed by atoms with E-state index < -0.39 is 8.32 Å². The molecule has 0 aliphatic rings. The van der Waals surface area contributed by atoms with Crippen LogP contribution in [0.4, 0.5) is 0 Å². The van der Waals surface area contributed by atoms with Crippen molar-refractivity contribution in [1.29, 1.82) is 0 Å². The third-order valence-electron chi connectivity index (χ3n) is 1.39. The van der Waals surface area contributed by atoms with E-state index in [4.69, 9.17) is 4.43 Å². The lowest BCUT2D eigenvalue weighted by Crippen LogP contribution is -2.31. The molecule has 0 bridgehead atoms. The van der Waals surface area contributed by atoms with Crippen molar-refractivity contribution in [1.82, 2.24) is 0 Å². The Morgan fingerprint density at radius 3 is 2.20 bits per heavy atom. The van der Waals surface area contributed by atoms with Crippen LogP contribution in [0.25, 0.3) is 0 Å². The van der Waals surface area contributed by atoms with Gasteiger partial charge in [-0.2, -0.15) is 0 Å². The maximum absolute atomic E-state index is 5.57. The Labute approximate surface area is 65.9 Å². The fraction of sp³-hybridized carbons (Fsp3) is 0.875. The fourth-order valence-corrected chi connectivity index (χ4v) is 3.96. The summed E-state index contributed by atoms with van der Waals surface area (Å²) in [5.41, 5.74) is 0. The molecule has 10 heavy (non-hydrogen) atoms. The predicted octanol–water partition coefficient (Wildman–Crippen LogP) is 2.70. The van der Waals surface area contributed by atoms with E-state index in [2.05, 4.69) is 33.9 Å². The highest BCUT2D eigenvalue weighted by molar-refractivity contribution is 6.71. The van der Waals surface area contributed by atoms with Crippen molar-refractivity contribution in [3.8, 4) is 0 Å². The normalized spacial score (nSPS) is 12.6. The van der Waals surface area contributed by atoms with Crippen molar-refractivity contribution in [2.75, 3.05) is 6.61 Å². The molecule has 0 rings (SSSR count). The first-order valence-electron chi connectivity index (χ1n) is 3.91. The van der Waals surface area contributed by atoms with E-state index in [9.17, 15) is 0 Å². The van der Waals surface area contributed by atoms with E-state index in [1.54, 1.807) is 0 Å². The van der Waals surface area contributed by atoms with Gasteiger partial charge in [0.25, 0.3) is 0 Å². The molecule has 0 aromatic heterocycles. The summed E-state index contributed by atoms with van der Waals surface area (Å²) in [4.78, 5) is 0. The smallest absolute Gasteiger partial charge is 0.186 e. The molecule has 61 valence electrons. The summed E-state index contributed by atoms with van der Waals surface area (Å²) in [6.07, 6.45) is 0. The van der Waals surface area contributed by atoms with Crippen LogP contribution in [0.15, 0.2) is 0 Å². The minimum atomic E-state index is -1.33. The summed E-state index contributed by atoms with van der Waals surface area (Å²) in [6.45, 7) is 13.3. The van der Waals surface area contributed by atoms with Crippen LogP contribution in [-0.2, 0) is 4.43 Å². The molecular formula is C8H19OSi. The van der Waals surface area contributed by atoms with Crippen molar-refractivity contribution >= 4 is 8.32 Å². The first-order valence-corrected chi connectivity index (χ1v) is 7.02. The monoisotopic (exact) mass is 159 g/mol. The van der Waals surface area contributed by atoms with Crippen LogP contribution in [0.2, 0.25) is 19.1 Å². The van der Waals surface area contributed by atoms with E-state index in [1.807, 2.05) is 0 Å². The average Bonchev–Trinajstić information content (AvgIpc) is 1.59. The Balaban J connectivity index is 3.63. The minimum Gasteiger partial charge on any atom is -0.417 e. The Morgan fingerprint density at radius 2 is 1.90 bits per heavy atom. The Kier molecular flexibility index (Phi) is 4.21. The molecule has 1 radical (unpaired) electrons. The lowest BCUT2D eigenvalue weighted by molar-refractivity contribution is 0.344. The zero-order chi connectivity index (χ0) is 8.20. The van der Waals surface area contributed by atoms with Crippen molar-refractivity contribution in [3.05, 3.63) is 6.92 Å². The van der Waals surface area contributed by atoms with Gasteiger partial charge in [-0.1, -0.05) is 13.8 Å². The quantitative estimate of drug-likeness (QED) is 0.573. The van der Waals surface area contributed by atoms with Crippen LogP contribution < -0.4 is 0 Å². The SMILES string of the molecule is [CH2]CO[Si](C)(C)CC(C)C. The zero-order valence-corrected chi connectivity index (χ0v) is 8.61. The standard InChI is InChI=1S/C8H19OSi/c1-6-9-10(4,5)7-8(2)3/h8H,1,6-7H2,2-5H3. The average molecular weight is 159 g/mol. The molecule has 2 heteroatoms. The second-order valence-electron chi connectivity index (χ2n) is 3.71. The Bertz CT molecular complexity index is 89.3. The molecule has 0 fully saturated rings. The van der Waals surface area contributed by atoms with Gasteiger partial charge in [-0.05, 0) is 32.0 Å². The molecule has 0 spiro atoms. The van der Waals surface area contributed by atoms with Crippen LogP contribution in [-0.4, -0.2) is 14.9 Å². The van der Waals surface area contributed by atoms with E-state index in [1.165, 1.54) is 6.04 Å². The summed E-state index contributed by atoms with van der Waals surface area (Å²) in [6, 6.07) is 1.24. The van der Waals surface area contributed by atoms with E-state index in [0.717, 1.165) is 5.92 Å². The Morgan fingerprint density at radius 1 is 1.40 bits per heavy atom. The second kappa shape index (κ2) is 4.14. The van der Waals surface area contributed by atoms with Crippen LogP contribution >= 0.6 is 0 Å². The van der Waals surface area contributed by atoms with Crippen molar-refractivity contribution in [2.24, 2.45) is 5.92 Å². The topological polar surface area (TPSA) is 9.23 Å². The van der Waals surface area contributed by atoms with Crippen molar-refractivity contribution < 1.29 is 4.43 Å². The number of rotatable bonds is 4.